The van der Waals surface area contributed by atoms with Gasteiger partial charge >= 0.3 is 12.1 Å². The lowest BCUT2D eigenvalue weighted by Gasteiger charge is -2.41. The van der Waals surface area contributed by atoms with Crippen LogP contribution in [-0.4, -0.2) is 41.8 Å². The summed E-state index contributed by atoms with van der Waals surface area (Å²) >= 11 is 0. The second-order valence-corrected chi connectivity index (χ2v) is 6.66. The maximum atomic E-state index is 12.2. The molecule has 0 spiro atoms. The maximum Gasteiger partial charge on any atom is 0.409 e. The Morgan fingerprint density at radius 1 is 1.12 bits per heavy atom. The number of nitriles is 1. The van der Waals surface area contributed by atoms with Crippen molar-refractivity contribution in [2.75, 3.05) is 19.7 Å². The van der Waals surface area contributed by atoms with E-state index in [9.17, 15) is 9.59 Å². The van der Waals surface area contributed by atoms with Gasteiger partial charge in [-0.1, -0.05) is 48.5 Å². The molecule has 1 heterocycles. The van der Waals surface area contributed by atoms with Gasteiger partial charge in [0, 0.05) is 5.92 Å². The zero-order valence-corrected chi connectivity index (χ0v) is 13.9. The second-order valence-electron chi connectivity index (χ2n) is 6.66. The van der Waals surface area contributed by atoms with Gasteiger partial charge in [0.05, 0.1) is 19.2 Å². The van der Waals surface area contributed by atoms with Gasteiger partial charge in [-0.15, -0.1) is 0 Å². The minimum absolute atomic E-state index is 0.0483. The summed E-state index contributed by atoms with van der Waals surface area (Å²) in [7, 11) is 0. The van der Waals surface area contributed by atoms with Gasteiger partial charge < -0.3 is 14.7 Å². The Morgan fingerprint density at radius 3 is 2.15 bits per heavy atom. The van der Waals surface area contributed by atoms with Crippen molar-refractivity contribution in [2.24, 2.45) is 5.41 Å². The van der Waals surface area contributed by atoms with Crippen LogP contribution in [0.25, 0.3) is 11.1 Å². The smallest absolute Gasteiger partial charge is 0.409 e. The predicted molar refractivity (Wildman–Crippen MR) is 92.3 cm³/mol. The van der Waals surface area contributed by atoms with E-state index in [1.807, 2.05) is 36.4 Å². The van der Waals surface area contributed by atoms with Crippen LogP contribution in [0.15, 0.2) is 48.5 Å². The fourth-order valence-corrected chi connectivity index (χ4v) is 3.67. The van der Waals surface area contributed by atoms with Gasteiger partial charge in [-0.05, 0) is 22.3 Å². The summed E-state index contributed by atoms with van der Waals surface area (Å²) in [6.45, 7) is -0.110. The SMILES string of the molecule is N#CC1(C(=O)O)CN(C(=O)OCC2c3ccccc3-c3ccccc32)C1. The third-order valence-electron chi connectivity index (χ3n) is 5.14. The Hall–Kier alpha value is -3.33. The van der Waals surface area contributed by atoms with Gasteiger partial charge in [0.15, 0.2) is 5.41 Å². The highest BCUT2D eigenvalue weighted by Gasteiger charge is 2.53. The minimum Gasteiger partial charge on any atom is -0.480 e. The lowest BCUT2D eigenvalue weighted by atomic mass is 9.82. The number of hydrogen-bond donors (Lipinski definition) is 1. The average molecular weight is 348 g/mol. The molecule has 6 heteroatoms. The zero-order chi connectivity index (χ0) is 18.3. The number of carbonyl (C=O) groups excluding carboxylic acids is 1. The summed E-state index contributed by atoms with van der Waals surface area (Å²) in [5.74, 6) is -1.25. The van der Waals surface area contributed by atoms with Crippen molar-refractivity contribution in [3.63, 3.8) is 0 Å². The summed E-state index contributed by atoms with van der Waals surface area (Å²) in [4.78, 5) is 24.6. The Bertz CT molecular complexity index is 895. The monoisotopic (exact) mass is 348 g/mol. The molecule has 0 saturated carbocycles. The van der Waals surface area contributed by atoms with Crippen molar-refractivity contribution >= 4 is 12.1 Å². The van der Waals surface area contributed by atoms with Gasteiger partial charge in [0.2, 0.25) is 0 Å². The molecule has 6 nitrogen and oxygen atoms in total. The molecule has 2 aromatic carbocycles. The minimum atomic E-state index is -1.51. The molecule has 0 atom stereocenters. The Morgan fingerprint density at radius 2 is 1.65 bits per heavy atom. The second kappa shape index (κ2) is 5.88. The molecule has 2 aliphatic rings. The molecule has 1 N–H and O–H groups in total. The van der Waals surface area contributed by atoms with E-state index in [1.165, 1.54) is 4.90 Å². The zero-order valence-electron chi connectivity index (χ0n) is 13.9. The number of fused-ring (bicyclic) bond motifs is 3. The number of amides is 1. The van der Waals surface area contributed by atoms with Gasteiger partial charge in [0.25, 0.3) is 0 Å². The molecule has 0 bridgehead atoms. The molecule has 1 saturated heterocycles. The van der Waals surface area contributed by atoms with Crippen LogP contribution in [0.1, 0.15) is 17.0 Å². The Kier molecular flexibility index (Phi) is 3.66. The molecule has 26 heavy (non-hydrogen) atoms. The summed E-state index contributed by atoms with van der Waals surface area (Å²) in [6.07, 6.45) is -0.584. The van der Waals surface area contributed by atoms with Crippen molar-refractivity contribution in [1.29, 1.82) is 5.26 Å². The number of rotatable bonds is 3. The number of carboxylic acids is 1. The molecule has 0 radical (unpaired) electrons. The highest BCUT2D eigenvalue weighted by atomic mass is 16.6. The third-order valence-corrected chi connectivity index (χ3v) is 5.14. The normalized spacial score (nSPS) is 16.8. The lowest BCUT2D eigenvalue weighted by Crippen LogP contribution is -2.61. The summed E-state index contributed by atoms with van der Waals surface area (Å²) in [5.41, 5.74) is 3.00. The van der Waals surface area contributed by atoms with Crippen LogP contribution in [0.4, 0.5) is 4.79 Å². The first-order valence-corrected chi connectivity index (χ1v) is 8.30. The van der Waals surface area contributed by atoms with E-state index in [0.717, 1.165) is 22.3 Å². The number of benzene rings is 2. The van der Waals surface area contributed by atoms with Gasteiger partial charge in [-0.3, -0.25) is 4.79 Å². The first-order chi connectivity index (χ1) is 12.6. The number of carboxylic acid groups (broad SMARTS) is 1. The van der Waals surface area contributed by atoms with E-state index in [2.05, 4.69) is 12.1 Å². The van der Waals surface area contributed by atoms with Crippen molar-refractivity contribution in [3.8, 4) is 17.2 Å². The summed E-state index contributed by atoms with van der Waals surface area (Å²) in [6, 6.07) is 17.8. The van der Waals surface area contributed by atoms with Crippen LogP contribution in [0.5, 0.6) is 0 Å². The largest absolute Gasteiger partial charge is 0.480 e. The third kappa shape index (κ3) is 2.32. The maximum absolute atomic E-state index is 12.2. The number of likely N-dealkylation sites (tertiary alicyclic amines) is 1. The van der Waals surface area contributed by atoms with Crippen LogP contribution in [0, 0.1) is 16.7 Å². The first-order valence-electron chi connectivity index (χ1n) is 8.30. The van der Waals surface area contributed by atoms with E-state index in [4.69, 9.17) is 15.1 Å². The quantitative estimate of drug-likeness (QED) is 0.921. The van der Waals surface area contributed by atoms with Crippen LogP contribution in [0.2, 0.25) is 0 Å². The van der Waals surface area contributed by atoms with E-state index < -0.39 is 17.5 Å². The van der Waals surface area contributed by atoms with Gasteiger partial charge in [-0.2, -0.15) is 5.26 Å². The topological polar surface area (TPSA) is 90.6 Å². The molecule has 130 valence electrons. The summed E-state index contributed by atoms with van der Waals surface area (Å²) in [5, 5.41) is 18.1. The van der Waals surface area contributed by atoms with Crippen LogP contribution < -0.4 is 0 Å². The number of aliphatic carboxylic acids is 1. The predicted octanol–water partition coefficient (Wildman–Crippen LogP) is 2.85. The van der Waals surface area contributed by atoms with E-state index in [1.54, 1.807) is 6.07 Å². The van der Waals surface area contributed by atoms with Crippen molar-refractivity contribution in [1.82, 2.24) is 4.90 Å². The molecule has 0 aromatic heterocycles. The molecule has 1 fully saturated rings. The fraction of sp³-hybridized carbons (Fsp3) is 0.250. The van der Waals surface area contributed by atoms with Crippen LogP contribution in [-0.2, 0) is 9.53 Å². The highest BCUT2D eigenvalue weighted by molar-refractivity contribution is 5.83. The van der Waals surface area contributed by atoms with Gasteiger partial charge in [0.1, 0.15) is 6.61 Å². The molecule has 2 aromatic rings. The Labute approximate surface area is 150 Å². The van der Waals surface area contributed by atoms with Gasteiger partial charge in [-0.25, -0.2) is 4.79 Å². The molecule has 4 rings (SSSR count). The highest BCUT2D eigenvalue weighted by Crippen LogP contribution is 2.44. The standard InChI is InChI=1S/C20H16N2O4/c21-10-20(18(23)24)11-22(12-20)19(25)26-9-17-15-7-3-1-5-13(15)14-6-2-4-8-16(14)17/h1-8,17H,9,11-12H2,(H,23,24). The summed E-state index contributed by atoms with van der Waals surface area (Å²) < 4.78 is 5.45. The average Bonchev–Trinajstić information content (AvgIpc) is 2.93. The molecular weight excluding hydrogens is 332 g/mol. The number of hydrogen-bond acceptors (Lipinski definition) is 4. The van der Waals surface area contributed by atoms with E-state index >= 15 is 0 Å². The molecular formula is C20H16N2O4. The van der Waals surface area contributed by atoms with Crippen molar-refractivity contribution < 1.29 is 19.4 Å². The van der Waals surface area contributed by atoms with E-state index in [0.29, 0.717) is 0 Å². The molecule has 0 unspecified atom stereocenters. The number of nitrogens with zero attached hydrogens (tertiary/aromatic N) is 2. The van der Waals surface area contributed by atoms with Crippen molar-refractivity contribution in [3.05, 3.63) is 59.7 Å². The molecule has 1 aliphatic heterocycles. The van der Waals surface area contributed by atoms with Crippen LogP contribution >= 0.6 is 0 Å². The Balaban J connectivity index is 1.47. The molecule has 1 amide bonds. The van der Waals surface area contributed by atoms with Crippen molar-refractivity contribution in [2.45, 2.75) is 5.92 Å². The fourth-order valence-electron chi connectivity index (χ4n) is 3.67. The van der Waals surface area contributed by atoms with Crippen LogP contribution in [0.3, 0.4) is 0 Å². The lowest BCUT2D eigenvalue weighted by molar-refractivity contribution is -0.152. The van der Waals surface area contributed by atoms with E-state index in [-0.39, 0.29) is 25.6 Å². The molecule has 1 aliphatic carbocycles. The first kappa shape index (κ1) is 16.2. The number of carbonyl (C=O) groups is 2. The number of ether oxygens (including phenoxy) is 1.